The van der Waals surface area contributed by atoms with E-state index in [-0.39, 0.29) is 5.91 Å². The number of nitrogens with zero attached hydrogens (tertiary/aromatic N) is 2. The molecule has 0 aliphatic carbocycles. The molecule has 1 heterocycles. The number of aryl methyl sites for hydroxylation is 2. The van der Waals surface area contributed by atoms with Crippen LogP contribution in [-0.4, -0.2) is 12.1 Å². The topological polar surface area (TPSA) is 44.7 Å². The summed E-state index contributed by atoms with van der Waals surface area (Å²) in [4.78, 5) is 14.8. The minimum atomic E-state index is -0.276. The molecule has 1 aliphatic heterocycles. The summed E-state index contributed by atoms with van der Waals surface area (Å²) in [7, 11) is 0. The average Bonchev–Trinajstić information content (AvgIpc) is 3.12. The molecular weight excluding hydrogens is 417 g/mol. The van der Waals surface area contributed by atoms with Crippen LogP contribution in [0.2, 0.25) is 10.0 Å². The number of rotatable bonds is 4. The van der Waals surface area contributed by atoms with Crippen LogP contribution in [0.3, 0.4) is 0 Å². The van der Waals surface area contributed by atoms with Gasteiger partial charge in [0.15, 0.2) is 0 Å². The van der Waals surface area contributed by atoms with Gasteiger partial charge < -0.3 is 4.90 Å². The molecule has 0 bridgehead atoms. The summed E-state index contributed by atoms with van der Waals surface area (Å²) in [6.07, 6.45) is 1.50. The van der Waals surface area contributed by atoms with Crippen LogP contribution in [0.5, 0.6) is 0 Å². The van der Waals surface area contributed by atoms with Crippen molar-refractivity contribution in [3.05, 3.63) is 98.0 Å². The van der Waals surface area contributed by atoms with E-state index in [1.807, 2.05) is 18.2 Å². The first-order chi connectivity index (χ1) is 14.4. The third-order valence-corrected chi connectivity index (χ3v) is 5.91. The Labute approximate surface area is 186 Å². The summed E-state index contributed by atoms with van der Waals surface area (Å²) in [6, 6.07) is 17.2. The average molecular weight is 438 g/mol. The van der Waals surface area contributed by atoms with Crippen molar-refractivity contribution >= 4 is 41.0 Å². The molecule has 152 valence electrons. The maximum atomic E-state index is 12.6. The van der Waals surface area contributed by atoms with Gasteiger partial charge in [-0.25, -0.2) is 5.43 Å². The Kier molecular flexibility index (Phi) is 5.80. The Morgan fingerprint density at radius 1 is 1.00 bits per heavy atom. The lowest BCUT2D eigenvalue weighted by atomic mass is 10.0. The Balaban J connectivity index is 1.45. The van der Waals surface area contributed by atoms with Crippen molar-refractivity contribution in [2.24, 2.45) is 5.10 Å². The van der Waals surface area contributed by atoms with Gasteiger partial charge in [-0.15, -0.1) is 0 Å². The number of amides is 1. The largest absolute Gasteiger partial charge is 0.363 e. The van der Waals surface area contributed by atoms with Crippen LogP contribution in [0.1, 0.15) is 38.2 Å². The Morgan fingerprint density at radius 3 is 2.37 bits per heavy atom. The number of nitrogens with one attached hydrogen (secondary N) is 1. The molecule has 0 spiro atoms. The summed E-state index contributed by atoms with van der Waals surface area (Å²) in [5.74, 6) is -0.276. The van der Waals surface area contributed by atoms with Crippen molar-refractivity contribution < 1.29 is 4.79 Å². The maximum Gasteiger partial charge on any atom is 0.271 e. The van der Waals surface area contributed by atoms with E-state index in [1.165, 1.54) is 28.5 Å². The van der Waals surface area contributed by atoms with Gasteiger partial charge >= 0.3 is 0 Å². The van der Waals surface area contributed by atoms with E-state index >= 15 is 0 Å². The smallest absolute Gasteiger partial charge is 0.271 e. The number of hydrogen-bond donors (Lipinski definition) is 1. The predicted molar refractivity (Wildman–Crippen MR) is 124 cm³/mol. The summed E-state index contributed by atoms with van der Waals surface area (Å²) < 4.78 is 0. The van der Waals surface area contributed by atoms with Gasteiger partial charge in [-0.2, -0.15) is 5.10 Å². The second-order valence-electron chi connectivity index (χ2n) is 7.48. The van der Waals surface area contributed by atoms with E-state index in [9.17, 15) is 4.79 Å². The number of carbonyl (C=O) groups is 1. The molecule has 0 fully saturated rings. The molecule has 3 aromatic rings. The number of benzene rings is 3. The number of halogens is 2. The van der Waals surface area contributed by atoms with Crippen molar-refractivity contribution in [3.63, 3.8) is 0 Å². The first-order valence-corrected chi connectivity index (χ1v) is 10.4. The SMILES string of the molecule is Cc1cc2c(cc1C)CN(c1cccc(C(=O)N/N=C\c3ccc(Cl)cc3Cl)c1)C2. The zero-order valence-corrected chi connectivity index (χ0v) is 18.3. The summed E-state index contributed by atoms with van der Waals surface area (Å²) in [5.41, 5.74) is 10.1. The molecule has 6 heteroatoms. The van der Waals surface area contributed by atoms with Crippen LogP contribution < -0.4 is 10.3 Å². The number of hydrogen-bond acceptors (Lipinski definition) is 3. The first-order valence-electron chi connectivity index (χ1n) is 9.63. The molecule has 0 saturated heterocycles. The van der Waals surface area contributed by atoms with Crippen LogP contribution in [0, 0.1) is 13.8 Å². The van der Waals surface area contributed by atoms with Crippen molar-refractivity contribution in [2.75, 3.05) is 4.90 Å². The van der Waals surface area contributed by atoms with E-state index in [0.29, 0.717) is 21.2 Å². The summed E-state index contributed by atoms with van der Waals surface area (Å²) in [5, 5.41) is 5.04. The zero-order valence-electron chi connectivity index (χ0n) is 16.7. The van der Waals surface area contributed by atoms with Crippen molar-refractivity contribution in [2.45, 2.75) is 26.9 Å². The summed E-state index contributed by atoms with van der Waals surface area (Å²) >= 11 is 12.0. The predicted octanol–water partition coefficient (Wildman–Crippen LogP) is 5.89. The van der Waals surface area contributed by atoms with E-state index in [4.69, 9.17) is 23.2 Å². The van der Waals surface area contributed by atoms with Crippen LogP contribution in [0.15, 0.2) is 59.7 Å². The molecule has 4 rings (SSSR count). The Morgan fingerprint density at radius 2 is 1.70 bits per heavy atom. The monoisotopic (exact) mass is 437 g/mol. The highest BCUT2D eigenvalue weighted by Gasteiger charge is 2.20. The molecular formula is C24H21Cl2N3O. The van der Waals surface area contributed by atoms with Crippen molar-refractivity contribution in [3.8, 4) is 0 Å². The lowest BCUT2D eigenvalue weighted by Gasteiger charge is -2.18. The fourth-order valence-electron chi connectivity index (χ4n) is 3.55. The fourth-order valence-corrected chi connectivity index (χ4v) is 4.01. The van der Waals surface area contributed by atoms with Gasteiger partial charge in [0.05, 0.1) is 11.2 Å². The molecule has 1 amide bonds. The first kappa shape index (κ1) is 20.5. The van der Waals surface area contributed by atoms with Gasteiger partial charge in [-0.3, -0.25) is 4.79 Å². The van der Waals surface area contributed by atoms with Crippen LogP contribution in [0.25, 0.3) is 0 Å². The van der Waals surface area contributed by atoms with E-state index in [2.05, 4.69) is 41.4 Å². The highest BCUT2D eigenvalue weighted by Crippen LogP contribution is 2.30. The Hall–Kier alpha value is -2.82. The fraction of sp³-hybridized carbons (Fsp3) is 0.167. The van der Waals surface area contributed by atoms with E-state index < -0.39 is 0 Å². The van der Waals surface area contributed by atoms with Crippen LogP contribution in [0.4, 0.5) is 5.69 Å². The number of fused-ring (bicyclic) bond motifs is 1. The van der Waals surface area contributed by atoms with E-state index in [0.717, 1.165) is 18.8 Å². The lowest BCUT2D eigenvalue weighted by Crippen LogP contribution is -2.19. The third kappa shape index (κ3) is 4.35. The molecule has 3 aromatic carbocycles. The third-order valence-electron chi connectivity index (χ3n) is 5.34. The van der Waals surface area contributed by atoms with Gasteiger partial charge in [0, 0.05) is 34.9 Å². The molecule has 4 nitrogen and oxygen atoms in total. The maximum absolute atomic E-state index is 12.6. The molecule has 1 aliphatic rings. The molecule has 1 N–H and O–H groups in total. The molecule has 0 atom stereocenters. The molecule has 0 radical (unpaired) electrons. The van der Waals surface area contributed by atoms with Gasteiger partial charge in [-0.1, -0.05) is 47.5 Å². The van der Waals surface area contributed by atoms with Gasteiger partial charge in [-0.05, 0) is 66.4 Å². The molecule has 0 aromatic heterocycles. The van der Waals surface area contributed by atoms with Gasteiger partial charge in [0.1, 0.15) is 0 Å². The van der Waals surface area contributed by atoms with Gasteiger partial charge in [0.25, 0.3) is 5.91 Å². The van der Waals surface area contributed by atoms with Crippen molar-refractivity contribution in [1.82, 2.24) is 5.43 Å². The van der Waals surface area contributed by atoms with E-state index in [1.54, 1.807) is 24.3 Å². The second kappa shape index (κ2) is 8.50. The highest BCUT2D eigenvalue weighted by molar-refractivity contribution is 6.36. The van der Waals surface area contributed by atoms with Crippen LogP contribution >= 0.6 is 23.2 Å². The minimum absolute atomic E-state index is 0.276. The lowest BCUT2D eigenvalue weighted by molar-refractivity contribution is 0.0955. The molecule has 30 heavy (non-hydrogen) atoms. The zero-order chi connectivity index (χ0) is 21.3. The quantitative estimate of drug-likeness (QED) is 0.408. The molecule has 0 saturated carbocycles. The second-order valence-corrected chi connectivity index (χ2v) is 8.32. The minimum Gasteiger partial charge on any atom is -0.363 e. The number of hydrazone groups is 1. The standard InChI is InChI=1S/C24H21Cl2N3O/c1-15-8-19-13-29(14-20(19)9-16(15)2)22-5-3-4-17(10-22)24(30)28-27-12-18-6-7-21(25)11-23(18)26/h3-12H,13-14H2,1-2H3,(H,28,30)/b27-12-. The highest BCUT2D eigenvalue weighted by atomic mass is 35.5. The normalized spacial score (nSPS) is 13.0. The number of anilines is 1. The van der Waals surface area contributed by atoms with Gasteiger partial charge in [0.2, 0.25) is 0 Å². The summed E-state index contributed by atoms with van der Waals surface area (Å²) in [6.45, 7) is 5.96. The van der Waals surface area contributed by atoms with Crippen LogP contribution in [-0.2, 0) is 13.1 Å². The Bertz CT molecular complexity index is 1130. The number of carbonyl (C=O) groups excluding carboxylic acids is 1. The van der Waals surface area contributed by atoms with Crippen molar-refractivity contribution in [1.29, 1.82) is 0 Å². The molecule has 0 unspecified atom stereocenters.